The Labute approximate surface area is 169 Å². The first kappa shape index (κ1) is 20.8. The minimum atomic E-state index is -3.71. The summed E-state index contributed by atoms with van der Waals surface area (Å²) in [5, 5.41) is 10.1. The standard InChI is InChI=1S/C20H24N4O4S/c1-4-24(5-2)15-9-10-16(14(3)13-15)21-19(25)11-12-29(26,27)18-8-6-7-17-20(18)23-28-22-17/h6-10,13H,4-5,11-12H2,1-3H3,(H,21,25). The van der Waals surface area contributed by atoms with Crippen LogP contribution in [0.4, 0.5) is 11.4 Å². The molecule has 0 atom stereocenters. The largest absolute Gasteiger partial charge is 0.372 e. The van der Waals surface area contributed by atoms with Crippen molar-refractivity contribution in [3.63, 3.8) is 0 Å². The number of aryl methyl sites for hydroxylation is 1. The molecule has 1 aromatic heterocycles. The number of benzene rings is 2. The molecule has 0 spiro atoms. The number of anilines is 2. The van der Waals surface area contributed by atoms with Crippen LogP contribution in [-0.4, -0.2) is 43.5 Å². The Balaban J connectivity index is 1.67. The number of hydrogen-bond acceptors (Lipinski definition) is 7. The normalized spacial score (nSPS) is 11.6. The van der Waals surface area contributed by atoms with Gasteiger partial charge in [-0.15, -0.1) is 0 Å². The summed E-state index contributed by atoms with van der Waals surface area (Å²) in [6.07, 6.45) is -0.165. The molecule has 0 saturated heterocycles. The molecule has 0 radical (unpaired) electrons. The van der Waals surface area contributed by atoms with Gasteiger partial charge in [-0.25, -0.2) is 13.0 Å². The number of carbonyl (C=O) groups is 1. The molecule has 1 N–H and O–H groups in total. The van der Waals surface area contributed by atoms with E-state index in [0.29, 0.717) is 11.2 Å². The minimum Gasteiger partial charge on any atom is -0.372 e. The number of amides is 1. The van der Waals surface area contributed by atoms with E-state index in [1.807, 2.05) is 25.1 Å². The van der Waals surface area contributed by atoms with Crippen LogP contribution in [-0.2, 0) is 14.6 Å². The highest BCUT2D eigenvalue weighted by Crippen LogP contribution is 2.24. The minimum absolute atomic E-state index is 0.0174. The number of fused-ring (bicyclic) bond motifs is 1. The van der Waals surface area contributed by atoms with Gasteiger partial charge < -0.3 is 10.2 Å². The van der Waals surface area contributed by atoms with E-state index in [-0.39, 0.29) is 28.5 Å². The molecule has 0 fully saturated rings. The van der Waals surface area contributed by atoms with Crippen molar-refractivity contribution in [2.24, 2.45) is 0 Å². The molecule has 2 aromatic carbocycles. The van der Waals surface area contributed by atoms with Crippen LogP contribution in [0.2, 0.25) is 0 Å². The maximum absolute atomic E-state index is 12.7. The lowest BCUT2D eigenvalue weighted by Crippen LogP contribution is -2.22. The van der Waals surface area contributed by atoms with Crippen LogP contribution in [0.25, 0.3) is 11.0 Å². The number of nitrogens with zero attached hydrogens (tertiary/aromatic N) is 3. The quantitative estimate of drug-likeness (QED) is 0.601. The number of nitrogens with one attached hydrogen (secondary N) is 1. The van der Waals surface area contributed by atoms with Crippen molar-refractivity contribution in [1.82, 2.24) is 10.3 Å². The molecule has 154 valence electrons. The van der Waals surface area contributed by atoms with Crippen molar-refractivity contribution in [1.29, 1.82) is 0 Å². The second-order valence-corrected chi connectivity index (χ2v) is 8.75. The van der Waals surface area contributed by atoms with Crippen LogP contribution >= 0.6 is 0 Å². The molecule has 9 heteroatoms. The first-order valence-electron chi connectivity index (χ1n) is 9.45. The fourth-order valence-corrected chi connectivity index (χ4v) is 4.55. The molecule has 0 unspecified atom stereocenters. The molecule has 0 aliphatic rings. The van der Waals surface area contributed by atoms with Gasteiger partial charge in [0, 0.05) is 30.9 Å². The number of rotatable bonds is 8. The third kappa shape index (κ3) is 4.56. The van der Waals surface area contributed by atoms with Crippen LogP contribution in [0.1, 0.15) is 25.8 Å². The van der Waals surface area contributed by atoms with Gasteiger partial charge in [-0.3, -0.25) is 4.79 Å². The van der Waals surface area contributed by atoms with Crippen molar-refractivity contribution < 1.29 is 17.8 Å². The Morgan fingerprint density at radius 1 is 1.14 bits per heavy atom. The lowest BCUT2D eigenvalue weighted by Gasteiger charge is -2.22. The molecule has 1 amide bonds. The highest BCUT2D eigenvalue weighted by Gasteiger charge is 2.21. The third-order valence-corrected chi connectivity index (χ3v) is 6.54. The third-order valence-electron chi connectivity index (χ3n) is 4.79. The maximum atomic E-state index is 12.7. The van der Waals surface area contributed by atoms with Crippen molar-refractivity contribution in [2.75, 3.05) is 29.1 Å². The topological polar surface area (TPSA) is 105 Å². The number of aromatic nitrogens is 2. The van der Waals surface area contributed by atoms with Gasteiger partial charge in [-0.2, -0.15) is 0 Å². The fourth-order valence-electron chi connectivity index (χ4n) is 3.16. The summed E-state index contributed by atoms with van der Waals surface area (Å²) >= 11 is 0. The van der Waals surface area contributed by atoms with Crippen LogP contribution < -0.4 is 10.2 Å². The van der Waals surface area contributed by atoms with Crippen LogP contribution in [0.15, 0.2) is 45.9 Å². The van der Waals surface area contributed by atoms with E-state index in [0.717, 1.165) is 24.3 Å². The van der Waals surface area contributed by atoms with E-state index in [1.165, 1.54) is 6.07 Å². The Morgan fingerprint density at radius 2 is 1.90 bits per heavy atom. The molecule has 3 aromatic rings. The Bertz CT molecular complexity index is 1120. The molecular formula is C20H24N4O4S. The van der Waals surface area contributed by atoms with E-state index in [4.69, 9.17) is 0 Å². The summed E-state index contributed by atoms with van der Waals surface area (Å²) in [4.78, 5) is 14.6. The predicted octanol–water partition coefficient (Wildman–Crippen LogP) is 3.18. The monoisotopic (exact) mass is 416 g/mol. The Morgan fingerprint density at radius 3 is 2.59 bits per heavy atom. The van der Waals surface area contributed by atoms with Gasteiger partial charge in [0.05, 0.1) is 10.6 Å². The molecule has 3 rings (SSSR count). The second-order valence-electron chi connectivity index (χ2n) is 6.68. The molecule has 0 bridgehead atoms. The number of sulfone groups is 1. The van der Waals surface area contributed by atoms with Crippen LogP contribution in [0.3, 0.4) is 0 Å². The van der Waals surface area contributed by atoms with Gasteiger partial charge in [0.2, 0.25) is 5.91 Å². The van der Waals surface area contributed by atoms with E-state index in [2.05, 4.69) is 39.0 Å². The zero-order chi connectivity index (χ0) is 21.0. The van der Waals surface area contributed by atoms with Crippen molar-refractivity contribution in [3.8, 4) is 0 Å². The summed E-state index contributed by atoms with van der Waals surface area (Å²) in [6, 6.07) is 10.4. The van der Waals surface area contributed by atoms with Crippen LogP contribution in [0, 0.1) is 6.92 Å². The van der Waals surface area contributed by atoms with Gasteiger partial charge in [0.25, 0.3) is 0 Å². The lowest BCUT2D eigenvalue weighted by molar-refractivity contribution is -0.115. The lowest BCUT2D eigenvalue weighted by atomic mass is 10.1. The van der Waals surface area contributed by atoms with Gasteiger partial charge >= 0.3 is 0 Å². The zero-order valence-corrected chi connectivity index (χ0v) is 17.5. The average Bonchev–Trinajstić information content (AvgIpc) is 3.18. The van der Waals surface area contributed by atoms with E-state index < -0.39 is 9.84 Å². The number of carbonyl (C=O) groups excluding carboxylic acids is 1. The van der Waals surface area contributed by atoms with Gasteiger partial charge in [0.1, 0.15) is 5.52 Å². The zero-order valence-electron chi connectivity index (χ0n) is 16.7. The predicted molar refractivity (Wildman–Crippen MR) is 112 cm³/mol. The van der Waals surface area contributed by atoms with Crippen molar-refractivity contribution in [3.05, 3.63) is 42.0 Å². The first-order chi connectivity index (χ1) is 13.9. The summed E-state index contributed by atoms with van der Waals surface area (Å²) in [6.45, 7) is 7.88. The second kappa shape index (κ2) is 8.60. The highest BCUT2D eigenvalue weighted by molar-refractivity contribution is 7.91. The molecule has 8 nitrogen and oxygen atoms in total. The summed E-state index contributed by atoms with van der Waals surface area (Å²) in [5.74, 6) is -0.695. The molecular weight excluding hydrogens is 392 g/mol. The smallest absolute Gasteiger partial charge is 0.225 e. The fraction of sp³-hybridized carbons (Fsp3) is 0.350. The molecule has 1 heterocycles. The SMILES string of the molecule is CCN(CC)c1ccc(NC(=O)CCS(=O)(=O)c2cccc3nonc23)c(C)c1. The summed E-state index contributed by atoms with van der Waals surface area (Å²) in [7, 11) is -3.71. The van der Waals surface area contributed by atoms with E-state index in [1.54, 1.807) is 12.1 Å². The summed E-state index contributed by atoms with van der Waals surface area (Å²) in [5.41, 5.74) is 3.22. The Hall–Kier alpha value is -2.94. The summed E-state index contributed by atoms with van der Waals surface area (Å²) < 4.78 is 29.9. The van der Waals surface area contributed by atoms with Gasteiger partial charge in [-0.05, 0) is 67.0 Å². The molecule has 0 aliphatic carbocycles. The Kier molecular flexibility index (Phi) is 6.17. The molecule has 0 saturated carbocycles. The maximum Gasteiger partial charge on any atom is 0.225 e. The molecule has 29 heavy (non-hydrogen) atoms. The average molecular weight is 417 g/mol. The van der Waals surface area contributed by atoms with Crippen molar-refractivity contribution >= 4 is 38.2 Å². The van der Waals surface area contributed by atoms with E-state index in [9.17, 15) is 13.2 Å². The van der Waals surface area contributed by atoms with Crippen LogP contribution in [0.5, 0.6) is 0 Å². The van der Waals surface area contributed by atoms with Crippen molar-refractivity contribution in [2.45, 2.75) is 32.1 Å². The highest BCUT2D eigenvalue weighted by atomic mass is 32.2. The number of hydrogen-bond donors (Lipinski definition) is 1. The first-order valence-corrected chi connectivity index (χ1v) is 11.1. The van der Waals surface area contributed by atoms with Gasteiger partial charge in [0.15, 0.2) is 15.4 Å². The molecule has 0 aliphatic heterocycles. The van der Waals surface area contributed by atoms with E-state index >= 15 is 0 Å². The van der Waals surface area contributed by atoms with Gasteiger partial charge in [-0.1, -0.05) is 6.07 Å².